The lowest BCUT2D eigenvalue weighted by molar-refractivity contribution is 0.602. The summed E-state index contributed by atoms with van der Waals surface area (Å²) in [6.45, 7) is 9.24. The lowest BCUT2D eigenvalue weighted by Gasteiger charge is -2.21. The number of halogens is 1. The summed E-state index contributed by atoms with van der Waals surface area (Å²) in [4.78, 5) is 6.85. The van der Waals surface area contributed by atoms with Gasteiger partial charge < -0.3 is 15.5 Å². The van der Waals surface area contributed by atoms with Crippen molar-refractivity contribution in [2.75, 3.05) is 37.3 Å². The summed E-state index contributed by atoms with van der Waals surface area (Å²) < 4.78 is 37.6. The van der Waals surface area contributed by atoms with Gasteiger partial charge in [-0.1, -0.05) is 18.2 Å². The Morgan fingerprint density at radius 3 is 2.19 bits per heavy atom. The van der Waals surface area contributed by atoms with Crippen molar-refractivity contribution in [1.29, 1.82) is 0 Å². The number of nitrogens with zero attached hydrogens (tertiary/aromatic N) is 2. The van der Waals surface area contributed by atoms with Crippen LogP contribution in [-0.4, -0.2) is 46.8 Å². The minimum absolute atomic E-state index is 0.230. The van der Waals surface area contributed by atoms with Crippen molar-refractivity contribution in [3.05, 3.63) is 59.4 Å². The monoisotopic (exact) mass is 448 g/mol. The van der Waals surface area contributed by atoms with Crippen molar-refractivity contribution >= 4 is 21.5 Å². The minimum Gasteiger partial charge on any atom is -0.370 e. The zero-order valence-corrected chi connectivity index (χ0v) is 19.6. The third-order valence-corrected chi connectivity index (χ3v) is 6.07. The molecule has 2 aromatic carbocycles. The van der Waals surface area contributed by atoms with Crippen LogP contribution >= 0.6 is 0 Å². The number of nitrogens with one attached hydrogen (secondary N) is 2. The maximum atomic E-state index is 14.5. The van der Waals surface area contributed by atoms with Crippen molar-refractivity contribution in [3.8, 4) is 0 Å². The Morgan fingerprint density at radius 2 is 1.65 bits per heavy atom. The molecule has 170 valence electrons. The van der Waals surface area contributed by atoms with Crippen LogP contribution in [0.15, 0.2) is 52.4 Å². The van der Waals surface area contributed by atoms with Crippen molar-refractivity contribution in [3.63, 3.8) is 0 Å². The van der Waals surface area contributed by atoms with Crippen LogP contribution in [0.1, 0.15) is 31.9 Å². The van der Waals surface area contributed by atoms with Gasteiger partial charge in [0.1, 0.15) is 5.82 Å². The number of aliphatic imine (C=N–C) groups is 1. The quantitative estimate of drug-likeness (QED) is 0.431. The predicted octanol–water partition coefficient (Wildman–Crippen LogP) is 3.37. The second-order valence-corrected chi connectivity index (χ2v) is 9.26. The fraction of sp³-hybridized carbons (Fsp3) is 0.435. The molecule has 8 heteroatoms. The predicted molar refractivity (Wildman–Crippen MR) is 126 cm³/mol. The smallest absolute Gasteiger partial charge is 0.191 e. The summed E-state index contributed by atoms with van der Waals surface area (Å²) >= 11 is 0. The van der Waals surface area contributed by atoms with E-state index in [0.29, 0.717) is 36.2 Å². The van der Waals surface area contributed by atoms with Gasteiger partial charge in [0.25, 0.3) is 0 Å². The van der Waals surface area contributed by atoms with E-state index in [-0.39, 0.29) is 5.82 Å². The molecule has 0 atom stereocenters. The van der Waals surface area contributed by atoms with Gasteiger partial charge in [-0.05, 0) is 62.6 Å². The van der Waals surface area contributed by atoms with Crippen LogP contribution in [0.25, 0.3) is 0 Å². The first-order chi connectivity index (χ1) is 14.8. The lowest BCUT2D eigenvalue weighted by atomic mass is 10.1. The molecule has 0 spiro atoms. The summed E-state index contributed by atoms with van der Waals surface area (Å²) in [6, 6.07) is 12.2. The Morgan fingerprint density at radius 1 is 1.00 bits per heavy atom. The van der Waals surface area contributed by atoms with Crippen LogP contribution in [0.5, 0.6) is 0 Å². The third kappa shape index (κ3) is 7.54. The van der Waals surface area contributed by atoms with Gasteiger partial charge in [-0.2, -0.15) is 0 Å². The van der Waals surface area contributed by atoms with E-state index in [1.807, 2.05) is 49.9 Å². The largest absolute Gasteiger partial charge is 0.370 e. The molecule has 0 aliphatic heterocycles. The van der Waals surface area contributed by atoms with Crippen molar-refractivity contribution in [2.24, 2.45) is 4.99 Å². The molecule has 31 heavy (non-hydrogen) atoms. The van der Waals surface area contributed by atoms with Gasteiger partial charge in [-0.15, -0.1) is 0 Å². The molecule has 2 rings (SSSR count). The van der Waals surface area contributed by atoms with Gasteiger partial charge in [0.15, 0.2) is 15.8 Å². The van der Waals surface area contributed by atoms with Crippen LogP contribution in [0.2, 0.25) is 0 Å². The topological polar surface area (TPSA) is 73.8 Å². The average molecular weight is 449 g/mol. The summed E-state index contributed by atoms with van der Waals surface area (Å²) in [5.41, 5.74) is 2.46. The maximum absolute atomic E-state index is 14.5. The Hall–Kier alpha value is -2.61. The molecule has 2 aromatic rings. The standard InChI is InChI=1S/C23H33FN4O2S/c1-5-25-23(26-15-14-18-8-11-20(12-9-18)31(4,29)30)27-17-19-10-13-22(21(24)16-19)28(6-2)7-3/h8-13,16H,5-7,14-15,17H2,1-4H3,(H2,25,26,27). The van der Waals surface area contributed by atoms with Crippen molar-refractivity contribution in [2.45, 2.75) is 38.6 Å². The Bertz CT molecular complexity index is 972. The molecule has 0 radical (unpaired) electrons. The average Bonchev–Trinajstić information content (AvgIpc) is 2.74. The zero-order chi connectivity index (χ0) is 22.9. The number of rotatable bonds is 10. The molecule has 0 fully saturated rings. The number of sulfone groups is 1. The summed E-state index contributed by atoms with van der Waals surface area (Å²) in [6.07, 6.45) is 1.92. The van der Waals surface area contributed by atoms with Gasteiger partial charge in [0, 0.05) is 32.4 Å². The molecular weight excluding hydrogens is 415 g/mol. The van der Waals surface area contributed by atoms with E-state index in [1.165, 1.54) is 6.26 Å². The fourth-order valence-corrected chi connectivity index (χ4v) is 3.84. The van der Waals surface area contributed by atoms with E-state index in [4.69, 9.17) is 0 Å². The molecule has 0 saturated heterocycles. The van der Waals surface area contributed by atoms with E-state index in [9.17, 15) is 12.8 Å². The first kappa shape index (κ1) is 24.7. The minimum atomic E-state index is -3.18. The van der Waals surface area contributed by atoms with E-state index in [2.05, 4.69) is 15.6 Å². The Kier molecular flexibility index (Phi) is 9.30. The summed E-state index contributed by atoms with van der Waals surface area (Å²) in [5, 5.41) is 6.45. The Balaban J connectivity index is 1.96. The van der Waals surface area contributed by atoms with Gasteiger partial charge in [-0.25, -0.2) is 17.8 Å². The Labute approximate surface area is 185 Å². The molecule has 2 N–H and O–H groups in total. The molecular formula is C23H33FN4O2S. The molecule has 0 unspecified atom stereocenters. The zero-order valence-electron chi connectivity index (χ0n) is 18.8. The van der Waals surface area contributed by atoms with E-state index in [0.717, 1.165) is 30.6 Å². The number of benzene rings is 2. The number of hydrogen-bond donors (Lipinski definition) is 2. The van der Waals surface area contributed by atoms with Gasteiger partial charge in [-0.3, -0.25) is 0 Å². The molecule has 6 nitrogen and oxygen atoms in total. The van der Waals surface area contributed by atoms with Crippen LogP contribution in [0, 0.1) is 5.82 Å². The van der Waals surface area contributed by atoms with E-state index in [1.54, 1.807) is 18.2 Å². The van der Waals surface area contributed by atoms with Crippen LogP contribution in [-0.2, 0) is 22.8 Å². The molecule has 0 aliphatic rings. The molecule has 0 bridgehead atoms. The normalized spacial score (nSPS) is 12.0. The highest BCUT2D eigenvalue weighted by atomic mass is 32.2. The summed E-state index contributed by atoms with van der Waals surface area (Å²) in [5.74, 6) is 0.426. The third-order valence-electron chi connectivity index (χ3n) is 4.94. The van der Waals surface area contributed by atoms with Crippen LogP contribution in [0.4, 0.5) is 10.1 Å². The first-order valence-corrected chi connectivity index (χ1v) is 12.5. The fourth-order valence-electron chi connectivity index (χ4n) is 3.21. The van der Waals surface area contributed by atoms with Crippen LogP contribution in [0.3, 0.4) is 0 Å². The second-order valence-electron chi connectivity index (χ2n) is 7.25. The molecule has 0 aromatic heterocycles. The van der Waals surface area contributed by atoms with Gasteiger partial charge in [0.2, 0.25) is 0 Å². The molecule has 0 amide bonds. The van der Waals surface area contributed by atoms with E-state index < -0.39 is 9.84 Å². The van der Waals surface area contributed by atoms with E-state index >= 15 is 0 Å². The maximum Gasteiger partial charge on any atom is 0.191 e. The van der Waals surface area contributed by atoms with Crippen molar-refractivity contribution < 1.29 is 12.8 Å². The number of hydrogen-bond acceptors (Lipinski definition) is 4. The van der Waals surface area contributed by atoms with Gasteiger partial charge in [0.05, 0.1) is 17.1 Å². The molecule has 0 saturated carbocycles. The van der Waals surface area contributed by atoms with Crippen LogP contribution < -0.4 is 15.5 Å². The highest BCUT2D eigenvalue weighted by Crippen LogP contribution is 2.20. The lowest BCUT2D eigenvalue weighted by Crippen LogP contribution is -2.38. The van der Waals surface area contributed by atoms with Crippen molar-refractivity contribution in [1.82, 2.24) is 10.6 Å². The second kappa shape index (κ2) is 11.7. The molecule has 0 aliphatic carbocycles. The van der Waals surface area contributed by atoms with Gasteiger partial charge >= 0.3 is 0 Å². The SMILES string of the molecule is CCNC(=NCc1ccc(N(CC)CC)c(F)c1)NCCc1ccc(S(C)(=O)=O)cc1. The number of anilines is 1. The first-order valence-electron chi connectivity index (χ1n) is 10.6. The highest BCUT2D eigenvalue weighted by Gasteiger charge is 2.09. The molecule has 0 heterocycles. The summed E-state index contributed by atoms with van der Waals surface area (Å²) in [7, 11) is -3.18. The highest BCUT2D eigenvalue weighted by molar-refractivity contribution is 7.90. The number of guanidine groups is 1.